The topological polar surface area (TPSA) is 54.0 Å². The quantitative estimate of drug-likeness (QED) is 0.809. The van der Waals surface area contributed by atoms with Gasteiger partial charge < -0.3 is 10.6 Å². The Morgan fingerprint density at radius 3 is 3.18 bits per heavy atom. The summed E-state index contributed by atoms with van der Waals surface area (Å²) in [7, 11) is 0. The normalized spacial score (nSPS) is 31.2. The average Bonchev–Trinajstić information content (AvgIpc) is 2.91. The highest BCUT2D eigenvalue weighted by Crippen LogP contribution is 2.37. The number of hydrogen-bond donors (Lipinski definition) is 2. The van der Waals surface area contributed by atoms with E-state index >= 15 is 0 Å². The molecule has 0 bridgehead atoms. The van der Waals surface area contributed by atoms with Crippen LogP contribution in [0, 0.1) is 11.8 Å². The summed E-state index contributed by atoms with van der Waals surface area (Å²) >= 11 is 0. The minimum atomic E-state index is -0.0236. The van der Waals surface area contributed by atoms with Gasteiger partial charge in [0, 0.05) is 6.20 Å². The van der Waals surface area contributed by atoms with Crippen LogP contribution < -0.4 is 10.6 Å². The fourth-order valence-corrected chi connectivity index (χ4v) is 3.12. The maximum atomic E-state index is 12.1. The second kappa shape index (κ2) is 4.45. The number of rotatable bonds is 2. The number of aromatic nitrogens is 1. The number of carbonyl (C=O) groups is 1. The maximum Gasteiger partial charge on any atom is 0.242 e. The summed E-state index contributed by atoms with van der Waals surface area (Å²) in [6.45, 7) is 0.991. The van der Waals surface area contributed by atoms with Crippen LogP contribution in [0.2, 0.25) is 0 Å². The Balaban J connectivity index is 1.67. The second-order valence-corrected chi connectivity index (χ2v) is 4.94. The molecule has 1 aromatic heterocycles. The molecule has 0 aromatic carbocycles. The predicted octanol–water partition coefficient (Wildman–Crippen LogP) is 1.41. The van der Waals surface area contributed by atoms with Gasteiger partial charge in [0.25, 0.3) is 0 Å². The number of carbonyl (C=O) groups excluding carboxylic acids is 1. The number of hydrogen-bond acceptors (Lipinski definition) is 3. The zero-order chi connectivity index (χ0) is 11.7. The van der Waals surface area contributed by atoms with Crippen molar-refractivity contribution in [2.24, 2.45) is 11.8 Å². The van der Waals surface area contributed by atoms with Gasteiger partial charge in [0.1, 0.15) is 5.82 Å². The van der Waals surface area contributed by atoms with Crippen LogP contribution in [-0.4, -0.2) is 23.5 Å². The van der Waals surface area contributed by atoms with E-state index in [1.54, 1.807) is 6.20 Å². The number of nitrogens with one attached hydrogen (secondary N) is 2. The standard InChI is InChI=1S/C13H17N3O/c17-13(16-11-6-1-2-7-14-11)12-10-5-3-4-9(10)8-15-12/h1-2,6-7,9-10,12,15H,3-5,8H2,(H,14,16,17). The number of nitrogens with zero attached hydrogens (tertiary/aromatic N) is 1. The smallest absolute Gasteiger partial charge is 0.242 e. The molecule has 3 atom stereocenters. The Kier molecular flexibility index (Phi) is 2.81. The SMILES string of the molecule is O=C(Nc1ccccn1)C1NCC2CCCC21. The van der Waals surface area contributed by atoms with E-state index in [1.165, 1.54) is 19.3 Å². The second-order valence-electron chi connectivity index (χ2n) is 4.94. The molecule has 2 fully saturated rings. The van der Waals surface area contributed by atoms with E-state index in [1.807, 2.05) is 18.2 Å². The van der Waals surface area contributed by atoms with Gasteiger partial charge in [0.2, 0.25) is 5.91 Å². The first-order chi connectivity index (χ1) is 8.34. The first kappa shape index (κ1) is 10.7. The molecule has 0 radical (unpaired) electrons. The molecule has 4 nitrogen and oxygen atoms in total. The van der Waals surface area contributed by atoms with Crippen molar-refractivity contribution in [1.29, 1.82) is 0 Å². The van der Waals surface area contributed by atoms with Gasteiger partial charge in [-0.2, -0.15) is 0 Å². The molecule has 2 aliphatic rings. The van der Waals surface area contributed by atoms with Crippen molar-refractivity contribution in [3.8, 4) is 0 Å². The van der Waals surface area contributed by atoms with Gasteiger partial charge >= 0.3 is 0 Å². The summed E-state index contributed by atoms with van der Waals surface area (Å²) in [5.41, 5.74) is 0. The van der Waals surface area contributed by atoms with E-state index < -0.39 is 0 Å². The summed E-state index contributed by atoms with van der Waals surface area (Å²) < 4.78 is 0. The van der Waals surface area contributed by atoms with Gasteiger partial charge in [-0.05, 0) is 43.4 Å². The molecular weight excluding hydrogens is 214 g/mol. The summed E-state index contributed by atoms with van der Waals surface area (Å²) in [5, 5.41) is 6.22. The summed E-state index contributed by atoms with van der Waals surface area (Å²) in [5.74, 6) is 1.94. The Labute approximate surface area is 101 Å². The van der Waals surface area contributed by atoms with Crippen molar-refractivity contribution in [2.75, 3.05) is 11.9 Å². The third-order valence-corrected chi connectivity index (χ3v) is 3.94. The lowest BCUT2D eigenvalue weighted by atomic mass is 9.94. The molecule has 0 spiro atoms. The van der Waals surface area contributed by atoms with Crippen molar-refractivity contribution in [3.05, 3.63) is 24.4 Å². The van der Waals surface area contributed by atoms with E-state index in [9.17, 15) is 4.79 Å². The molecule has 3 unspecified atom stereocenters. The zero-order valence-electron chi connectivity index (χ0n) is 9.73. The van der Waals surface area contributed by atoms with Gasteiger partial charge in [-0.25, -0.2) is 4.98 Å². The Hall–Kier alpha value is -1.42. The molecule has 1 aliphatic heterocycles. The Morgan fingerprint density at radius 1 is 1.41 bits per heavy atom. The third kappa shape index (κ3) is 2.05. The molecule has 17 heavy (non-hydrogen) atoms. The van der Waals surface area contributed by atoms with Crippen molar-refractivity contribution in [1.82, 2.24) is 10.3 Å². The molecule has 2 N–H and O–H groups in total. The van der Waals surface area contributed by atoms with Crippen molar-refractivity contribution < 1.29 is 4.79 Å². The monoisotopic (exact) mass is 231 g/mol. The molecule has 1 saturated carbocycles. The van der Waals surface area contributed by atoms with Gasteiger partial charge in [-0.15, -0.1) is 0 Å². The minimum absolute atomic E-state index is 0.0236. The molecule has 1 aliphatic carbocycles. The molecule has 2 heterocycles. The van der Waals surface area contributed by atoms with Gasteiger partial charge in [0.05, 0.1) is 6.04 Å². The van der Waals surface area contributed by atoms with E-state index in [4.69, 9.17) is 0 Å². The number of pyridine rings is 1. The van der Waals surface area contributed by atoms with Gasteiger partial charge in [-0.3, -0.25) is 4.79 Å². The number of fused-ring (bicyclic) bond motifs is 1. The summed E-state index contributed by atoms with van der Waals surface area (Å²) in [6.07, 6.45) is 5.41. The fraction of sp³-hybridized carbons (Fsp3) is 0.538. The molecule has 90 valence electrons. The van der Waals surface area contributed by atoms with Crippen LogP contribution in [0.5, 0.6) is 0 Å². The predicted molar refractivity (Wildman–Crippen MR) is 65.5 cm³/mol. The van der Waals surface area contributed by atoms with E-state index in [-0.39, 0.29) is 11.9 Å². The van der Waals surface area contributed by atoms with Crippen LogP contribution in [0.1, 0.15) is 19.3 Å². The fourth-order valence-electron chi connectivity index (χ4n) is 3.12. The lowest BCUT2D eigenvalue weighted by molar-refractivity contribution is -0.118. The molecule has 1 saturated heterocycles. The molecule has 4 heteroatoms. The van der Waals surface area contributed by atoms with Gasteiger partial charge in [-0.1, -0.05) is 12.5 Å². The van der Waals surface area contributed by atoms with E-state index in [0.29, 0.717) is 17.7 Å². The van der Waals surface area contributed by atoms with Crippen molar-refractivity contribution in [2.45, 2.75) is 25.3 Å². The Morgan fingerprint density at radius 2 is 2.35 bits per heavy atom. The zero-order valence-corrected chi connectivity index (χ0v) is 9.73. The highest BCUT2D eigenvalue weighted by Gasteiger charge is 2.42. The van der Waals surface area contributed by atoms with Gasteiger partial charge in [0.15, 0.2) is 0 Å². The minimum Gasteiger partial charge on any atom is -0.309 e. The Bertz CT molecular complexity index is 406. The van der Waals surface area contributed by atoms with Crippen LogP contribution >= 0.6 is 0 Å². The van der Waals surface area contributed by atoms with Crippen LogP contribution in [0.25, 0.3) is 0 Å². The lowest BCUT2D eigenvalue weighted by Gasteiger charge is -2.17. The molecule has 3 rings (SSSR count). The lowest BCUT2D eigenvalue weighted by Crippen LogP contribution is -2.39. The van der Waals surface area contributed by atoms with Crippen LogP contribution in [0.3, 0.4) is 0 Å². The van der Waals surface area contributed by atoms with E-state index in [0.717, 1.165) is 6.54 Å². The first-order valence-corrected chi connectivity index (χ1v) is 6.30. The molecule has 1 amide bonds. The number of anilines is 1. The van der Waals surface area contributed by atoms with Crippen LogP contribution in [0.4, 0.5) is 5.82 Å². The van der Waals surface area contributed by atoms with Crippen LogP contribution in [-0.2, 0) is 4.79 Å². The summed E-state index contributed by atoms with van der Waals surface area (Å²) in [4.78, 5) is 16.3. The van der Waals surface area contributed by atoms with Crippen molar-refractivity contribution in [3.63, 3.8) is 0 Å². The average molecular weight is 231 g/mol. The van der Waals surface area contributed by atoms with Crippen molar-refractivity contribution >= 4 is 11.7 Å². The van der Waals surface area contributed by atoms with Crippen LogP contribution in [0.15, 0.2) is 24.4 Å². The number of amides is 1. The summed E-state index contributed by atoms with van der Waals surface area (Å²) in [6, 6.07) is 5.52. The third-order valence-electron chi connectivity index (χ3n) is 3.94. The first-order valence-electron chi connectivity index (χ1n) is 6.30. The molecule has 1 aromatic rings. The molecular formula is C13H17N3O. The largest absolute Gasteiger partial charge is 0.309 e. The highest BCUT2D eigenvalue weighted by atomic mass is 16.2. The highest BCUT2D eigenvalue weighted by molar-refractivity contribution is 5.94. The maximum absolute atomic E-state index is 12.1. The van der Waals surface area contributed by atoms with E-state index in [2.05, 4.69) is 15.6 Å².